The van der Waals surface area contributed by atoms with Crippen LogP contribution in [0.15, 0.2) is 18.3 Å². The lowest BCUT2D eigenvalue weighted by Crippen LogP contribution is -2.11. The molecule has 1 amide bonds. The second kappa shape index (κ2) is 8.50. The van der Waals surface area contributed by atoms with Crippen molar-refractivity contribution in [2.24, 2.45) is 0 Å². The maximum atomic E-state index is 11.6. The van der Waals surface area contributed by atoms with E-state index in [1.54, 1.807) is 6.20 Å². The van der Waals surface area contributed by atoms with E-state index < -0.39 is 0 Å². The van der Waals surface area contributed by atoms with Crippen molar-refractivity contribution < 1.29 is 4.79 Å². The van der Waals surface area contributed by atoms with Crippen molar-refractivity contribution in [2.45, 2.75) is 46.0 Å². The Morgan fingerprint density at radius 3 is 2.67 bits per heavy atom. The number of carbonyl (C=O) groups excluding carboxylic acids is 1. The van der Waals surface area contributed by atoms with Crippen molar-refractivity contribution in [3.05, 3.63) is 18.3 Å². The molecule has 0 radical (unpaired) electrons. The Morgan fingerprint density at radius 1 is 1.22 bits per heavy atom. The van der Waals surface area contributed by atoms with Gasteiger partial charge in [0.2, 0.25) is 5.91 Å². The number of rotatable bonds is 8. The molecule has 18 heavy (non-hydrogen) atoms. The van der Waals surface area contributed by atoms with Crippen molar-refractivity contribution in [1.29, 1.82) is 0 Å². The SMILES string of the molecule is CCCCCCC(=O)Nc1ccc(NCC)nc1. The highest BCUT2D eigenvalue weighted by Gasteiger charge is 2.02. The van der Waals surface area contributed by atoms with Gasteiger partial charge in [0.15, 0.2) is 0 Å². The highest BCUT2D eigenvalue weighted by Crippen LogP contribution is 2.10. The molecule has 1 aromatic heterocycles. The second-order valence-corrected chi connectivity index (χ2v) is 4.32. The van der Waals surface area contributed by atoms with Crippen LogP contribution in [-0.2, 0) is 4.79 Å². The number of hydrogen-bond acceptors (Lipinski definition) is 3. The Labute approximate surface area is 109 Å². The van der Waals surface area contributed by atoms with Gasteiger partial charge < -0.3 is 10.6 Å². The van der Waals surface area contributed by atoms with Crippen LogP contribution in [-0.4, -0.2) is 17.4 Å². The molecule has 1 heterocycles. The number of nitrogens with zero attached hydrogens (tertiary/aromatic N) is 1. The number of anilines is 2. The molecule has 0 saturated heterocycles. The molecular weight excluding hydrogens is 226 g/mol. The highest BCUT2D eigenvalue weighted by molar-refractivity contribution is 5.90. The monoisotopic (exact) mass is 249 g/mol. The molecule has 4 nitrogen and oxygen atoms in total. The number of nitrogens with one attached hydrogen (secondary N) is 2. The molecule has 1 aromatic rings. The lowest BCUT2D eigenvalue weighted by atomic mass is 10.1. The van der Waals surface area contributed by atoms with Crippen molar-refractivity contribution >= 4 is 17.4 Å². The Balaban J connectivity index is 2.30. The normalized spacial score (nSPS) is 10.1. The van der Waals surface area contributed by atoms with Crippen LogP contribution in [0.1, 0.15) is 46.0 Å². The lowest BCUT2D eigenvalue weighted by molar-refractivity contribution is -0.116. The molecule has 0 saturated carbocycles. The summed E-state index contributed by atoms with van der Waals surface area (Å²) in [7, 11) is 0. The van der Waals surface area contributed by atoms with Gasteiger partial charge in [0.05, 0.1) is 11.9 Å². The zero-order valence-corrected chi connectivity index (χ0v) is 11.3. The summed E-state index contributed by atoms with van der Waals surface area (Å²) in [5, 5.41) is 5.97. The summed E-state index contributed by atoms with van der Waals surface area (Å²) in [4.78, 5) is 15.8. The Morgan fingerprint density at radius 2 is 2.06 bits per heavy atom. The number of aromatic nitrogens is 1. The third kappa shape index (κ3) is 5.66. The van der Waals surface area contributed by atoms with E-state index in [9.17, 15) is 4.79 Å². The molecular formula is C14H23N3O. The van der Waals surface area contributed by atoms with Crippen molar-refractivity contribution in [2.75, 3.05) is 17.2 Å². The van der Waals surface area contributed by atoms with E-state index in [2.05, 4.69) is 22.5 Å². The molecule has 0 bridgehead atoms. The average Bonchev–Trinajstić information content (AvgIpc) is 2.37. The maximum Gasteiger partial charge on any atom is 0.224 e. The first kappa shape index (κ1) is 14.5. The number of unbranched alkanes of at least 4 members (excludes halogenated alkanes) is 3. The Hall–Kier alpha value is -1.58. The maximum absolute atomic E-state index is 11.6. The van der Waals surface area contributed by atoms with Crippen LogP contribution in [0.3, 0.4) is 0 Å². The number of hydrogen-bond donors (Lipinski definition) is 2. The van der Waals surface area contributed by atoms with Gasteiger partial charge in [-0.05, 0) is 25.5 Å². The van der Waals surface area contributed by atoms with E-state index >= 15 is 0 Å². The predicted octanol–water partition coefficient (Wildman–Crippen LogP) is 3.42. The number of pyridine rings is 1. The molecule has 0 spiro atoms. The molecule has 0 aliphatic rings. The lowest BCUT2D eigenvalue weighted by Gasteiger charge is -2.06. The third-order valence-electron chi connectivity index (χ3n) is 2.66. The predicted molar refractivity (Wildman–Crippen MR) is 75.8 cm³/mol. The van der Waals surface area contributed by atoms with Gasteiger partial charge in [0, 0.05) is 13.0 Å². The van der Waals surface area contributed by atoms with Crippen molar-refractivity contribution in [3.63, 3.8) is 0 Å². The van der Waals surface area contributed by atoms with E-state index in [0.29, 0.717) is 6.42 Å². The van der Waals surface area contributed by atoms with Crippen LogP contribution < -0.4 is 10.6 Å². The fourth-order valence-electron chi connectivity index (χ4n) is 1.69. The van der Waals surface area contributed by atoms with E-state index in [1.807, 2.05) is 19.1 Å². The zero-order chi connectivity index (χ0) is 13.2. The first-order valence-corrected chi connectivity index (χ1v) is 6.76. The third-order valence-corrected chi connectivity index (χ3v) is 2.66. The van der Waals surface area contributed by atoms with E-state index in [4.69, 9.17) is 0 Å². The fourth-order valence-corrected chi connectivity index (χ4v) is 1.69. The quantitative estimate of drug-likeness (QED) is 0.694. The van der Waals surface area contributed by atoms with Gasteiger partial charge in [-0.25, -0.2) is 4.98 Å². The topological polar surface area (TPSA) is 54.0 Å². The van der Waals surface area contributed by atoms with Gasteiger partial charge in [0.1, 0.15) is 5.82 Å². The highest BCUT2D eigenvalue weighted by atomic mass is 16.1. The molecule has 0 fully saturated rings. The van der Waals surface area contributed by atoms with E-state index in [0.717, 1.165) is 30.9 Å². The number of carbonyl (C=O) groups is 1. The summed E-state index contributed by atoms with van der Waals surface area (Å²) >= 11 is 0. The fraction of sp³-hybridized carbons (Fsp3) is 0.571. The smallest absolute Gasteiger partial charge is 0.224 e. The van der Waals surface area contributed by atoms with Gasteiger partial charge in [-0.2, -0.15) is 0 Å². The molecule has 0 aromatic carbocycles. The Bertz CT molecular complexity index is 349. The molecule has 100 valence electrons. The van der Waals surface area contributed by atoms with Crippen LogP contribution in [0.25, 0.3) is 0 Å². The standard InChI is InChI=1S/C14H23N3O/c1-3-5-6-7-8-14(18)17-12-9-10-13(15-4-2)16-11-12/h9-11H,3-8H2,1-2H3,(H,15,16)(H,17,18). The minimum Gasteiger partial charge on any atom is -0.370 e. The number of amides is 1. The first-order valence-electron chi connectivity index (χ1n) is 6.76. The van der Waals surface area contributed by atoms with Gasteiger partial charge in [-0.3, -0.25) is 4.79 Å². The minimum atomic E-state index is 0.0732. The van der Waals surface area contributed by atoms with Crippen LogP contribution in [0.5, 0.6) is 0 Å². The van der Waals surface area contributed by atoms with Gasteiger partial charge >= 0.3 is 0 Å². The summed E-state index contributed by atoms with van der Waals surface area (Å²) in [5.74, 6) is 0.905. The molecule has 4 heteroatoms. The zero-order valence-electron chi connectivity index (χ0n) is 11.3. The van der Waals surface area contributed by atoms with E-state index in [-0.39, 0.29) is 5.91 Å². The largest absolute Gasteiger partial charge is 0.370 e. The van der Waals surface area contributed by atoms with Crippen LogP contribution in [0.4, 0.5) is 11.5 Å². The molecule has 0 aliphatic carbocycles. The summed E-state index contributed by atoms with van der Waals surface area (Å²) in [6, 6.07) is 3.74. The Kier molecular flexibility index (Phi) is 6.84. The van der Waals surface area contributed by atoms with Crippen molar-refractivity contribution in [1.82, 2.24) is 4.98 Å². The molecule has 1 rings (SSSR count). The minimum absolute atomic E-state index is 0.0732. The molecule has 0 unspecified atom stereocenters. The van der Waals surface area contributed by atoms with Crippen LogP contribution >= 0.6 is 0 Å². The van der Waals surface area contributed by atoms with Crippen LogP contribution in [0, 0.1) is 0 Å². The van der Waals surface area contributed by atoms with Gasteiger partial charge in [-0.15, -0.1) is 0 Å². The summed E-state index contributed by atoms with van der Waals surface area (Å²) < 4.78 is 0. The van der Waals surface area contributed by atoms with Gasteiger partial charge in [-0.1, -0.05) is 26.2 Å². The average molecular weight is 249 g/mol. The van der Waals surface area contributed by atoms with Crippen molar-refractivity contribution in [3.8, 4) is 0 Å². The summed E-state index contributed by atoms with van der Waals surface area (Å²) in [6.07, 6.45) is 6.75. The molecule has 0 aliphatic heterocycles. The first-order chi connectivity index (χ1) is 8.76. The van der Waals surface area contributed by atoms with Crippen LogP contribution in [0.2, 0.25) is 0 Å². The summed E-state index contributed by atoms with van der Waals surface area (Å²) in [6.45, 7) is 5.03. The van der Waals surface area contributed by atoms with E-state index in [1.165, 1.54) is 12.8 Å². The summed E-state index contributed by atoms with van der Waals surface area (Å²) in [5.41, 5.74) is 0.761. The molecule has 2 N–H and O–H groups in total. The second-order valence-electron chi connectivity index (χ2n) is 4.32. The van der Waals surface area contributed by atoms with Gasteiger partial charge in [0.25, 0.3) is 0 Å². The molecule has 0 atom stereocenters.